The van der Waals surface area contributed by atoms with Crippen LogP contribution < -0.4 is 9.04 Å². The van der Waals surface area contributed by atoms with E-state index in [2.05, 4.69) is 10.1 Å². The van der Waals surface area contributed by atoms with Crippen LogP contribution in [0.5, 0.6) is 5.75 Å². The van der Waals surface area contributed by atoms with E-state index < -0.39 is 22.5 Å². The molecule has 0 spiro atoms. The van der Waals surface area contributed by atoms with E-state index in [9.17, 15) is 13.2 Å². The van der Waals surface area contributed by atoms with E-state index in [0.29, 0.717) is 11.6 Å². The fourth-order valence-corrected chi connectivity index (χ4v) is 3.63. The Morgan fingerprint density at radius 2 is 1.77 bits per heavy atom. The number of methoxy groups -OCH3 is 1. The molecule has 158 valence electrons. The van der Waals surface area contributed by atoms with Crippen LogP contribution in [0, 0.1) is 0 Å². The zero-order valence-electron chi connectivity index (χ0n) is 16.8. The van der Waals surface area contributed by atoms with Crippen LogP contribution in [0.2, 0.25) is 0 Å². The van der Waals surface area contributed by atoms with Crippen molar-refractivity contribution in [3.63, 3.8) is 0 Å². The lowest BCUT2D eigenvalue weighted by atomic mass is 10.2. The Kier molecular flexibility index (Phi) is 6.36. The van der Waals surface area contributed by atoms with Gasteiger partial charge < -0.3 is 14.2 Å². The van der Waals surface area contributed by atoms with Gasteiger partial charge in [0.1, 0.15) is 12.3 Å². The van der Waals surface area contributed by atoms with Crippen molar-refractivity contribution in [1.82, 2.24) is 15.0 Å². The first kappa shape index (κ1) is 21.3. The van der Waals surface area contributed by atoms with Gasteiger partial charge in [-0.05, 0) is 12.1 Å². The number of carbonyl (C=O) groups is 1. The summed E-state index contributed by atoms with van der Waals surface area (Å²) in [5.74, 6) is 0.569. The summed E-state index contributed by atoms with van der Waals surface area (Å²) >= 11 is 0. The molecule has 3 rings (SSSR count). The molecule has 0 saturated heterocycles. The average Bonchev–Trinajstić information content (AvgIpc) is 3.20. The summed E-state index contributed by atoms with van der Waals surface area (Å²) in [6, 6.07) is 15.9. The molecule has 0 saturated carbocycles. The fraction of sp³-hybridized carbons (Fsp3) is 0.250. The van der Waals surface area contributed by atoms with Crippen molar-refractivity contribution < 1.29 is 22.5 Å². The highest BCUT2D eigenvalue weighted by Crippen LogP contribution is 2.29. The Hall–Kier alpha value is -3.40. The molecule has 0 aliphatic heterocycles. The van der Waals surface area contributed by atoms with E-state index in [0.717, 1.165) is 16.1 Å². The lowest BCUT2D eigenvalue weighted by Gasteiger charge is -2.25. The SMILES string of the molecule is COc1ccccc1N(CC(=O)N(C)Cc1nc(-c2ccccc2)no1)S(C)(=O)=O. The second-order valence-electron chi connectivity index (χ2n) is 6.57. The zero-order chi connectivity index (χ0) is 21.7. The average molecular weight is 430 g/mol. The molecular formula is C20H22N4O5S. The molecule has 0 unspecified atom stereocenters. The Morgan fingerprint density at radius 1 is 1.10 bits per heavy atom. The standard InChI is InChI=1S/C20H22N4O5S/c1-23(13-18-21-20(22-29-18)15-9-5-4-6-10-15)19(25)14-24(30(3,26)27)16-11-7-8-12-17(16)28-2/h4-12H,13-14H2,1-3H3. The third-order valence-electron chi connectivity index (χ3n) is 4.33. The topological polar surface area (TPSA) is 106 Å². The minimum atomic E-state index is -3.73. The van der Waals surface area contributed by atoms with Crippen molar-refractivity contribution in [1.29, 1.82) is 0 Å². The van der Waals surface area contributed by atoms with Crippen LogP contribution in [0.1, 0.15) is 5.89 Å². The van der Waals surface area contributed by atoms with Gasteiger partial charge in [-0.2, -0.15) is 4.98 Å². The molecule has 0 radical (unpaired) electrons. The van der Waals surface area contributed by atoms with E-state index >= 15 is 0 Å². The van der Waals surface area contributed by atoms with Crippen molar-refractivity contribution in [2.24, 2.45) is 0 Å². The lowest BCUT2D eigenvalue weighted by Crippen LogP contribution is -2.41. The van der Waals surface area contributed by atoms with Crippen LogP contribution in [0.4, 0.5) is 5.69 Å². The van der Waals surface area contributed by atoms with E-state index in [1.54, 1.807) is 24.3 Å². The van der Waals surface area contributed by atoms with Gasteiger partial charge in [0, 0.05) is 12.6 Å². The molecule has 2 aromatic carbocycles. The van der Waals surface area contributed by atoms with Crippen LogP contribution in [0.3, 0.4) is 0 Å². The number of amides is 1. The number of sulfonamides is 1. The number of nitrogens with zero attached hydrogens (tertiary/aromatic N) is 4. The number of likely N-dealkylation sites (N-methyl/N-ethyl adjacent to an activating group) is 1. The predicted molar refractivity (Wildman–Crippen MR) is 111 cm³/mol. The summed E-state index contributed by atoms with van der Waals surface area (Å²) in [7, 11) is -0.753. The molecule has 30 heavy (non-hydrogen) atoms. The highest BCUT2D eigenvalue weighted by atomic mass is 32.2. The van der Waals surface area contributed by atoms with Crippen LogP contribution in [0.15, 0.2) is 59.1 Å². The van der Waals surface area contributed by atoms with Gasteiger partial charge in [0.05, 0.1) is 25.6 Å². The summed E-state index contributed by atoms with van der Waals surface area (Å²) in [5.41, 5.74) is 1.08. The number of hydrogen-bond acceptors (Lipinski definition) is 7. The Bertz CT molecular complexity index is 1110. The van der Waals surface area contributed by atoms with Crippen molar-refractivity contribution in [2.45, 2.75) is 6.54 Å². The maximum atomic E-state index is 12.7. The van der Waals surface area contributed by atoms with Gasteiger partial charge in [-0.1, -0.05) is 47.6 Å². The molecule has 1 amide bonds. The van der Waals surface area contributed by atoms with E-state index in [1.165, 1.54) is 19.1 Å². The fourth-order valence-electron chi connectivity index (χ4n) is 2.78. The first-order chi connectivity index (χ1) is 14.3. The number of carbonyl (C=O) groups excluding carboxylic acids is 1. The maximum Gasteiger partial charge on any atom is 0.246 e. The molecule has 0 N–H and O–H groups in total. The highest BCUT2D eigenvalue weighted by molar-refractivity contribution is 7.92. The molecule has 0 fully saturated rings. The molecular weight excluding hydrogens is 408 g/mol. The monoisotopic (exact) mass is 430 g/mol. The van der Waals surface area contributed by atoms with Crippen LogP contribution in [-0.4, -0.2) is 56.3 Å². The number of anilines is 1. The number of aromatic nitrogens is 2. The van der Waals surface area contributed by atoms with Gasteiger partial charge in [-0.25, -0.2) is 8.42 Å². The molecule has 1 aromatic heterocycles. The molecule has 3 aromatic rings. The van der Waals surface area contributed by atoms with Crippen LogP contribution in [-0.2, 0) is 21.4 Å². The summed E-state index contributed by atoms with van der Waals surface area (Å²) in [6.45, 7) is -0.350. The first-order valence-electron chi connectivity index (χ1n) is 9.02. The summed E-state index contributed by atoms with van der Waals surface area (Å²) in [5, 5.41) is 3.92. The Labute approximate surface area is 174 Å². The quantitative estimate of drug-likeness (QED) is 0.539. The molecule has 9 nitrogen and oxygen atoms in total. The van der Waals surface area contributed by atoms with Gasteiger partial charge in [0.15, 0.2) is 0 Å². The Morgan fingerprint density at radius 3 is 2.43 bits per heavy atom. The van der Waals surface area contributed by atoms with E-state index in [4.69, 9.17) is 9.26 Å². The number of hydrogen-bond donors (Lipinski definition) is 0. The molecule has 0 aliphatic carbocycles. The smallest absolute Gasteiger partial charge is 0.246 e. The minimum Gasteiger partial charge on any atom is -0.495 e. The molecule has 0 atom stereocenters. The van der Waals surface area contributed by atoms with Gasteiger partial charge >= 0.3 is 0 Å². The van der Waals surface area contributed by atoms with Gasteiger partial charge in [-0.3, -0.25) is 9.10 Å². The lowest BCUT2D eigenvalue weighted by molar-refractivity contribution is -0.129. The maximum absolute atomic E-state index is 12.7. The molecule has 1 heterocycles. The molecule has 10 heteroatoms. The number of para-hydroxylation sites is 2. The predicted octanol–water partition coefficient (Wildman–Crippen LogP) is 2.17. The normalized spacial score (nSPS) is 11.2. The van der Waals surface area contributed by atoms with Crippen molar-refractivity contribution >= 4 is 21.6 Å². The summed E-state index contributed by atoms with van der Waals surface area (Å²) in [4.78, 5) is 18.4. The second-order valence-corrected chi connectivity index (χ2v) is 8.48. The summed E-state index contributed by atoms with van der Waals surface area (Å²) in [6.07, 6.45) is 1.04. The minimum absolute atomic E-state index is 0.0438. The van der Waals surface area contributed by atoms with Crippen molar-refractivity contribution in [3.8, 4) is 17.1 Å². The zero-order valence-corrected chi connectivity index (χ0v) is 17.7. The number of ether oxygens (including phenoxy) is 1. The third kappa shape index (κ3) is 4.95. The van der Waals surface area contributed by atoms with Crippen molar-refractivity contribution in [2.75, 3.05) is 31.3 Å². The second kappa shape index (κ2) is 8.95. The van der Waals surface area contributed by atoms with Gasteiger partial charge in [0.25, 0.3) is 0 Å². The third-order valence-corrected chi connectivity index (χ3v) is 5.46. The number of rotatable bonds is 8. The first-order valence-corrected chi connectivity index (χ1v) is 10.9. The van der Waals surface area contributed by atoms with Gasteiger partial charge in [0.2, 0.25) is 27.6 Å². The highest BCUT2D eigenvalue weighted by Gasteiger charge is 2.26. The molecule has 0 bridgehead atoms. The van der Waals surface area contributed by atoms with Crippen molar-refractivity contribution in [3.05, 3.63) is 60.5 Å². The van der Waals surface area contributed by atoms with E-state index in [1.807, 2.05) is 30.3 Å². The Balaban J connectivity index is 1.74. The van der Waals surface area contributed by atoms with Crippen LogP contribution >= 0.6 is 0 Å². The summed E-state index contributed by atoms with van der Waals surface area (Å²) < 4.78 is 36.1. The van der Waals surface area contributed by atoms with Gasteiger partial charge in [-0.15, -0.1) is 0 Å². The number of benzene rings is 2. The molecule has 0 aliphatic rings. The largest absolute Gasteiger partial charge is 0.495 e. The van der Waals surface area contributed by atoms with Crippen LogP contribution in [0.25, 0.3) is 11.4 Å². The van der Waals surface area contributed by atoms with E-state index in [-0.39, 0.29) is 18.1 Å².